The zero-order valence-corrected chi connectivity index (χ0v) is 24.6. The number of ether oxygens (including phenoxy) is 1. The van der Waals surface area contributed by atoms with Gasteiger partial charge in [-0.25, -0.2) is 4.79 Å². The van der Waals surface area contributed by atoms with Crippen molar-refractivity contribution < 1.29 is 9.53 Å². The van der Waals surface area contributed by atoms with Crippen molar-refractivity contribution in [2.24, 2.45) is 0 Å². The van der Waals surface area contributed by atoms with Gasteiger partial charge in [0.15, 0.2) is 0 Å². The Bertz CT molecular complexity index is 1240. The summed E-state index contributed by atoms with van der Waals surface area (Å²) in [4.78, 5) is 26.5. The van der Waals surface area contributed by atoms with Crippen LogP contribution in [0.25, 0.3) is 0 Å². The number of likely N-dealkylation sites (tertiary alicyclic amines) is 1. The summed E-state index contributed by atoms with van der Waals surface area (Å²) in [5.74, 6) is 0.389. The molecular weight excluding hydrogens is 508 g/mol. The Morgan fingerprint density at radius 1 is 1.08 bits per heavy atom. The van der Waals surface area contributed by atoms with E-state index in [2.05, 4.69) is 60.1 Å². The van der Waals surface area contributed by atoms with Crippen LogP contribution >= 0.6 is 11.6 Å². The number of benzene rings is 1. The van der Waals surface area contributed by atoms with Gasteiger partial charge in [-0.2, -0.15) is 0 Å². The maximum atomic E-state index is 12.7. The van der Waals surface area contributed by atoms with E-state index in [0.29, 0.717) is 36.6 Å². The van der Waals surface area contributed by atoms with Gasteiger partial charge in [0.05, 0.1) is 16.4 Å². The van der Waals surface area contributed by atoms with Gasteiger partial charge in [-0.05, 0) is 81.7 Å². The quantitative estimate of drug-likeness (QED) is 0.298. The summed E-state index contributed by atoms with van der Waals surface area (Å²) in [6.45, 7) is 12.8. The molecule has 1 saturated heterocycles. The first kappa shape index (κ1) is 29.0. The zero-order chi connectivity index (χ0) is 28.0. The smallest absolute Gasteiger partial charge is 0.410 e. The van der Waals surface area contributed by atoms with Gasteiger partial charge in [0.2, 0.25) is 0 Å². The highest BCUT2D eigenvalue weighted by Gasteiger charge is 2.30. The molecule has 1 aromatic carbocycles. The maximum absolute atomic E-state index is 12.7. The van der Waals surface area contributed by atoms with Crippen molar-refractivity contribution >= 4 is 17.7 Å². The van der Waals surface area contributed by atoms with Crippen LogP contribution in [-0.4, -0.2) is 50.6 Å². The summed E-state index contributed by atoms with van der Waals surface area (Å²) in [6.07, 6.45) is 6.05. The van der Waals surface area contributed by atoms with Gasteiger partial charge in [-0.15, -0.1) is 0 Å². The summed E-state index contributed by atoms with van der Waals surface area (Å²) >= 11 is 6.21. The summed E-state index contributed by atoms with van der Waals surface area (Å²) < 4.78 is 5.62. The van der Waals surface area contributed by atoms with E-state index < -0.39 is 5.60 Å². The Kier molecular flexibility index (Phi) is 9.62. The monoisotopic (exact) mass is 548 g/mol. The first-order chi connectivity index (χ1) is 18.6. The van der Waals surface area contributed by atoms with Gasteiger partial charge in [-0.3, -0.25) is 14.9 Å². The third kappa shape index (κ3) is 8.26. The molecule has 1 aliphatic heterocycles. The van der Waals surface area contributed by atoms with E-state index in [9.17, 15) is 4.79 Å². The molecular formula is C32H41ClN4O2. The van der Waals surface area contributed by atoms with Crippen molar-refractivity contribution in [3.63, 3.8) is 0 Å². The molecule has 3 aromatic rings. The molecule has 0 saturated carbocycles. The van der Waals surface area contributed by atoms with E-state index in [-0.39, 0.29) is 6.09 Å². The molecule has 2 aromatic heterocycles. The average molecular weight is 549 g/mol. The molecule has 0 radical (unpaired) electrons. The molecule has 1 atom stereocenters. The van der Waals surface area contributed by atoms with Gasteiger partial charge in [0.1, 0.15) is 5.60 Å². The number of aromatic nitrogens is 2. The number of carbonyl (C=O) groups excluding carboxylic acids is 1. The van der Waals surface area contributed by atoms with Gasteiger partial charge in [-0.1, -0.05) is 54.9 Å². The molecule has 0 N–H and O–H groups in total. The van der Waals surface area contributed by atoms with E-state index in [0.717, 1.165) is 42.8 Å². The highest BCUT2D eigenvalue weighted by atomic mass is 35.5. The minimum absolute atomic E-state index is 0.232. The predicted octanol–water partition coefficient (Wildman–Crippen LogP) is 7.19. The van der Waals surface area contributed by atoms with Crippen molar-refractivity contribution in [1.29, 1.82) is 0 Å². The first-order valence-corrected chi connectivity index (χ1v) is 14.3. The Morgan fingerprint density at radius 3 is 2.44 bits per heavy atom. The standard InChI is InChI=1S/C32H41ClN4O2/c1-23(25-10-7-6-8-11-25)18-26-12-9-15-34-30(26)22-37(21-29-24(2)19-27(33)20-35-29)28-13-16-36(17-14-28)31(38)39-32(3,4)5/h6-12,15,19-20,23,28H,13-14,16-18,21-22H2,1-5H3. The van der Waals surface area contributed by atoms with Crippen LogP contribution in [-0.2, 0) is 24.2 Å². The van der Waals surface area contributed by atoms with Crippen LogP contribution in [0.4, 0.5) is 4.79 Å². The number of pyridine rings is 2. The predicted molar refractivity (Wildman–Crippen MR) is 157 cm³/mol. The first-order valence-electron chi connectivity index (χ1n) is 13.9. The number of hydrogen-bond donors (Lipinski definition) is 0. The molecule has 0 bridgehead atoms. The lowest BCUT2D eigenvalue weighted by molar-refractivity contribution is 0.0129. The lowest BCUT2D eigenvalue weighted by Gasteiger charge is -2.39. The fourth-order valence-electron chi connectivity index (χ4n) is 5.20. The van der Waals surface area contributed by atoms with Crippen molar-refractivity contribution in [3.05, 3.63) is 94.0 Å². The van der Waals surface area contributed by atoms with E-state index >= 15 is 0 Å². The third-order valence-corrected chi connectivity index (χ3v) is 7.58. The van der Waals surface area contributed by atoms with Gasteiger partial charge < -0.3 is 9.64 Å². The topological polar surface area (TPSA) is 58.6 Å². The highest BCUT2D eigenvalue weighted by Crippen LogP contribution is 2.27. The molecule has 1 aliphatic rings. The van der Waals surface area contributed by atoms with Crippen molar-refractivity contribution in [3.8, 4) is 0 Å². The minimum Gasteiger partial charge on any atom is -0.444 e. The number of rotatable bonds is 8. The van der Waals surface area contributed by atoms with E-state index in [1.807, 2.05) is 44.0 Å². The number of hydrogen-bond acceptors (Lipinski definition) is 5. The number of aryl methyl sites for hydroxylation is 1. The second-order valence-electron chi connectivity index (χ2n) is 11.6. The van der Waals surface area contributed by atoms with Crippen LogP contribution in [0.15, 0.2) is 60.9 Å². The second-order valence-corrected chi connectivity index (χ2v) is 12.1. The summed E-state index contributed by atoms with van der Waals surface area (Å²) in [5, 5.41) is 0.649. The van der Waals surface area contributed by atoms with Crippen LogP contribution in [0.2, 0.25) is 5.02 Å². The zero-order valence-electron chi connectivity index (χ0n) is 23.9. The molecule has 7 heteroatoms. The van der Waals surface area contributed by atoms with Gasteiger partial charge in [0, 0.05) is 44.6 Å². The Balaban J connectivity index is 1.53. The summed E-state index contributed by atoms with van der Waals surface area (Å²) in [5.41, 5.74) is 5.30. The lowest BCUT2D eigenvalue weighted by atomic mass is 9.92. The van der Waals surface area contributed by atoms with Gasteiger partial charge in [0.25, 0.3) is 0 Å². The fraction of sp³-hybridized carbons (Fsp3) is 0.469. The number of piperidine rings is 1. The molecule has 1 amide bonds. The fourth-order valence-corrected chi connectivity index (χ4v) is 5.41. The molecule has 0 spiro atoms. The summed E-state index contributed by atoms with van der Waals surface area (Å²) in [7, 11) is 0. The number of amides is 1. The SMILES string of the molecule is Cc1cc(Cl)cnc1CN(Cc1ncccc1CC(C)c1ccccc1)C1CCN(C(=O)OC(C)(C)C)CC1. The molecule has 1 unspecified atom stereocenters. The molecule has 0 aliphatic carbocycles. The number of nitrogens with zero attached hydrogens (tertiary/aromatic N) is 4. The highest BCUT2D eigenvalue weighted by molar-refractivity contribution is 6.30. The van der Waals surface area contributed by atoms with Crippen molar-refractivity contribution in [2.75, 3.05) is 13.1 Å². The van der Waals surface area contributed by atoms with E-state index in [4.69, 9.17) is 21.3 Å². The minimum atomic E-state index is -0.496. The van der Waals surface area contributed by atoms with E-state index in [1.165, 1.54) is 11.1 Å². The average Bonchev–Trinajstić information content (AvgIpc) is 2.90. The van der Waals surface area contributed by atoms with Crippen molar-refractivity contribution in [2.45, 2.75) is 84.5 Å². The summed E-state index contributed by atoms with van der Waals surface area (Å²) in [6, 6.07) is 17.2. The maximum Gasteiger partial charge on any atom is 0.410 e. The lowest BCUT2D eigenvalue weighted by Crippen LogP contribution is -2.47. The normalized spacial score (nSPS) is 15.4. The van der Waals surface area contributed by atoms with Crippen LogP contribution in [0, 0.1) is 6.92 Å². The largest absolute Gasteiger partial charge is 0.444 e. The van der Waals surface area contributed by atoms with Crippen molar-refractivity contribution in [1.82, 2.24) is 19.8 Å². The van der Waals surface area contributed by atoms with Crippen LogP contribution in [0.3, 0.4) is 0 Å². The Hall–Kier alpha value is -2.96. The molecule has 39 heavy (non-hydrogen) atoms. The second kappa shape index (κ2) is 12.9. The molecule has 3 heterocycles. The van der Waals surface area contributed by atoms with Crippen LogP contribution < -0.4 is 0 Å². The number of carbonyl (C=O) groups is 1. The molecule has 6 nitrogen and oxygen atoms in total. The molecule has 208 valence electrons. The Labute approximate surface area is 238 Å². The van der Waals surface area contributed by atoms with E-state index in [1.54, 1.807) is 6.20 Å². The number of halogens is 1. The van der Waals surface area contributed by atoms with Gasteiger partial charge >= 0.3 is 6.09 Å². The molecule has 4 rings (SSSR count). The van der Waals surface area contributed by atoms with Crippen LogP contribution in [0.5, 0.6) is 0 Å². The third-order valence-electron chi connectivity index (χ3n) is 7.37. The molecule has 1 fully saturated rings. The Morgan fingerprint density at radius 2 is 1.77 bits per heavy atom. The van der Waals surface area contributed by atoms with Crippen LogP contribution in [0.1, 0.15) is 74.5 Å².